The van der Waals surface area contributed by atoms with Crippen molar-refractivity contribution in [2.75, 3.05) is 0 Å². The second-order valence-corrected chi connectivity index (χ2v) is 9.90. The van der Waals surface area contributed by atoms with Crippen molar-refractivity contribution in [1.82, 2.24) is 9.97 Å². The number of hydrogen-bond donors (Lipinski definition) is 0. The average molecular weight is 705 g/mol. The molecule has 2 heterocycles. The minimum absolute atomic E-state index is 0. The fourth-order valence-corrected chi connectivity index (χ4v) is 4.94. The van der Waals surface area contributed by atoms with Crippen LogP contribution in [0, 0.1) is 26.0 Å². The summed E-state index contributed by atoms with van der Waals surface area (Å²) in [4.78, 5) is 8.84. The van der Waals surface area contributed by atoms with Gasteiger partial charge >= 0.3 is 0 Å². The first kappa shape index (κ1) is 28.1. The van der Waals surface area contributed by atoms with Crippen LogP contribution in [0.25, 0.3) is 55.2 Å². The van der Waals surface area contributed by atoms with E-state index in [1.54, 1.807) is 0 Å². The van der Waals surface area contributed by atoms with Gasteiger partial charge in [0.1, 0.15) is 0 Å². The molecule has 0 atom stereocenters. The smallest absolute Gasteiger partial charge is 0.0190 e. The van der Waals surface area contributed by atoms with Gasteiger partial charge < -0.3 is 9.97 Å². The van der Waals surface area contributed by atoms with Gasteiger partial charge in [-0.2, -0.15) is 0 Å². The molecule has 0 spiro atoms. The monoisotopic (exact) mass is 705 g/mol. The topological polar surface area (TPSA) is 25.8 Å². The van der Waals surface area contributed by atoms with Crippen LogP contribution < -0.4 is 0 Å². The maximum absolute atomic E-state index is 4.53. The van der Waals surface area contributed by atoms with Crippen molar-refractivity contribution in [3.8, 4) is 33.6 Å². The largest absolute Gasteiger partial charge is 0.305 e. The van der Waals surface area contributed by atoms with Crippen LogP contribution in [-0.2, 0) is 20.1 Å². The van der Waals surface area contributed by atoms with E-state index >= 15 is 0 Å². The van der Waals surface area contributed by atoms with Crippen molar-refractivity contribution in [3.05, 3.63) is 157 Å². The van der Waals surface area contributed by atoms with Crippen LogP contribution in [-0.4, -0.2) is 9.97 Å². The number of nitrogens with zero attached hydrogens (tertiary/aromatic N) is 2. The minimum atomic E-state index is 0. The Morgan fingerprint density at radius 2 is 1.29 bits per heavy atom. The van der Waals surface area contributed by atoms with E-state index in [1.807, 2.05) is 61.8 Å². The van der Waals surface area contributed by atoms with Gasteiger partial charge in [-0.25, -0.2) is 0 Å². The third-order valence-electron chi connectivity index (χ3n) is 6.97. The fraction of sp³-hybridized carbons (Fsp3) is 0.0526. The number of aryl methyl sites for hydroxylation is 2. The molecular weight excluding hydrogens is 677 g/mol. The standard InChI is InChI=1S/C26H18N.C12H10N.Ir/c1-18-13-14-27-26(15-18)21-9-6-8-19(16-21)25-17-20-7-2-3-10-22(20)23-11-4-5-12-24(23)25;1-10-7-8-12(13-9-10)11-5-3-2-4-6-11;/h2-8,10-17H,1H3;2-5,7-9H,1H3;/q2*-1;. The Bertz CT molecular complexity index is 1910. The zero-order valence-electron chi connectivity index (χ0n) is 22.9. The first-order valence-electron chi connectivity index (χ1n) is 13.4. The van der Waals surface area contributed by atoms with E-state index in [-0.39, 0.29) is 20.1 Å². The molecule has 201 valence electrons. The molecule has 2 nitrogen and oxygen atoms in total. The summed E-state index contributed by atoms with van der Waals surface area (Å²) in [5.41, 5.74) is 8.82. The van der Waals surface area contributed by atoms with Crippen LogP contribution >= 0.6 is 0 Å². The molecule has 0 aliphatic carbocycles. The average Bonchev–Trinajstić information content (AvgIpc) is 3.02. The summed E-state index contributed by atoms with van der Waals surface area (Å²) < 4.78 is 0. The molecule has 5 aromatic carbocycles. The summed E-state index contributed by atoms with van der Waals surface area (Å²) in [6.07, 6.45) is 3.73. The number of pyridine rings is 2. The molecule has 41 heavy (non-hydrogen) atoms. The summed E-state index contributed by atoms with van der Waals surface area (Å²) in [6, 6.07) is 48.4. The van der Waals surface area contributed by atoms with Crippen molar-refractivity contribution >= 4 is 21.5 Å². The fourth-order valence-electron chi connectivity index (χ4n) is 4.94. The van der Waals surface area contributed by atoms with Crippen LogP contribution in [0.2, 0.25) is 0 Å². The Labute approximate surface area is 255 Å². The van der Waals surface area contributed by atoms with E-state index in [0.29, 0.717) is 0 Å². The second-order valence-electron chi connectivity index (χ2n) is 9.90. The predicted octanol–water partition coefficient (Wildman–Crippen LogP) is 9.69. The van der Waals surface area contributed by atoms with Crippen molar-refractivity contribution in [3.63, 3.8) is 0 Å². The zero-order chi connectivity index (χ0) is 27.3. The Hall–Kier alpha value is -4.43. The first-order valence-corrected chi connectivity index (χ1v) is 13.4. The molecule has 7 aromatic rings. The van der Waals surface area contributed by atoms with E-state index in [0.717, 1.165) is 22.5 Å². The molecule has 0 saturated carbocycles. The van der Waals surface area contributed by atoms with Crippen molar-refractivity contribution in [2.24, 2.45) is 0 Å². The van der Waals surface area contributed by atoms with Crippen molar-refractivity contribution < 1.29 is 20.1 Å². The van der Waals surface area contributed by atoms with Gasteiger partial charge in [-0.1, -0.05) is 72.3 Å². The maximum atomic E-state index is 4.53. The zero-order valence-corrected chi connectivity index (χ0v) is 25.3. The summed E-state index contributed by atoms with van der Waals surface area (Å²) in [6.45, 7) is 4.12. The Balaban J connectivity index is 0.000000204. The molecule has 1 radical (unpaired) electrons. The van der Waals surface area contributed by atoms with E-state index in [2.05, 4.69) is 108 Å². The van der Waals surface area contributed by atoms with Gasteiger partial charge in [0.05, 0.1) is 0 Å². The molecule has 0 N–H and O–H groups in total. The normalized spacial score (nSPS) is 10.5. The van der Waals surface area contributed by atoms with Crippen LogP contribution in [0.15, 0.2) is 134 Å². The predicted molar refractivity (Wildman–Crippen MR) is 167 cm³/mol. The second kappa shape index (κ2) is 12.8. The molecule has 0 saturated heterocycles. The van der Waals surface area contributed by atoms with Crippen molar-refractivity contribution in [1.29, 1.82) is 0 Å². The third kappa shape index (κ3) is 6.33. The van der Waals surface area contributed by atoms with Crippen LogP contribution in [0.4, 0.5) is 0 Å². The molecular formula is C38H28IrN2-2. The maximum Gasteiger partial charge on any atom is 0.0190 e. The summed E-state index contributed by atoms with van der Waals surface area (Å²) >= 11 is 0. The van der Waals surface area contributed by atoms with Gasteiger partial charge in [0.25, 0.3) is 0 Å². The number of aromatic nitrogens is 2. The number of benzene rings is 5. The van der Waals surface area contributed by atoms with Crippen LogP contribution in [0.1, 0.15) is 11.1 Å². The van der Waals surface area contributed by atoms with Crippen LogP contribution in [0.3, 0.4) is 0 Å². The Morgan fingerprint density at radius 1 is 0.537 bits per heavy atom. The van der Waals surface area contributed by atoms with Gasteiger partial charge in [-0.3, -0.25) is 0 Å². The van der Waals surface area contributed by atoms with Crippen LogP contribution in [0.5, 0.6) is 0 Å². The molecule has 0 unspecified atom stereocenters. The number of rotatable bonds is 3. The van der Waals surface area contributed by atoms with E-state index in [1.165, 1.54) is 43.8 Å². The van der Waals surface area contributed by atoms with Crippen molar-refractivity contribution in [2.45, 2.75) is 13.8 Å². The van der Waals surface area contributed by atoms with Gasteiger partial charge in [0.2, 0.25) is 0 Å². The molecule has 0 amide bonds. The summed E-state index contributed by atoms with van der Waals surface area (Å²) in [5, 5.41) is 5.10. The number of hydrogen-bond acceptors (Lipinski definition) is 2. The molecule has 3 heteroatoms. The molecule has 0 aliphatic rings. The molecule has 7 rings (SSSR count). The van der Waals surface area contributed by atoms with Gasteiger partial charge in [0.15, 0.2) is 0 Å². The molecule has 0 aliphatic heterocycles. The molecule has 0 fully saturated rings. The summed E-state index contributed by atoms with van der Waals surface area (Å²) in [5.74, 6) is 0. The first-order chi connectivity index (χ1) is 19.7. The van der Waals surface area contributed by atoms with Gasteiger partial charge in [-0.05, 0) is 70.0 Å². The summed E-state index contributed by atoms with van der Waals surface area (Å²) in [7, 11) is 0. The third-order valence-corrected chi connectivity index (χ3v) is 6.97. The Morgan fingerprint density at radius 3 is 2.05 bits per heavy atom. The van der Waals surface area contributed by atoms with E-state index < -0.39 is 0 Å². The SMILES string of the molecule is Cc1ccc(-c2[c-]cccc2)nc1.Cc1ccnc(-c2[c-]ccc(-c3cc4ccccc4c4ccccc34)c2)c1.[Ir]. The van der Waals surface area contributed by atoms with E-state index in [9.17, 15) is 0 Å². The van der Waals surface area contributed by atoms with Gasteiger partial charge in [-0.15, -0.1) is 71.3 Å². The quantitative estimate of drug-likeness (QED) is 0.135. The molecule has 2 aromatic heterocycles. The molecule has 0 bridgehead atoms. The van der Waals surface area contributed by atoms with E-state index in [4.69, 9.17) is 0 Å². The van der Waals surface area contributed by atoms with Gasteiger partial charge in [0, 0.05) is 32.5 Å². The Kier molecular flexibility index (Phi) is 8.79. The number of fused-ring (bicyclic) bond motifs is 3. The minimum Gasteiger partial charge on any atom is -0.305 e.